The smallest absolute Gasteiger partial charge is 0.376 e. The van der Waals surface area contributed by atoms with Crippen LogP contribution in [0.1, 0.15) is 136 Å². The van der Waals surface area contributed by atoms with Gasteiger partial charge in [-0.25, -0.2) is 0 Å². The highest BCUT2D eigenvalue weighted by Gasteiger charge is 2.11. The van der Waals surface area contributed by atoms with E-state index in [2.05, 4.69) is 0 Å². The summed E-state index contributed by atoms with van der Waals surface area (Å²) in [5.74, 6) is 0. The van der Waals surface area contributed by atoms with Crippen LogP contribution in [0.4, 0.5) is 0 Å². The van der Waals surface area contributed by atoms with Crippen LogP contribution in [-0.2, 0) is 13.3 Å². The molecule has 0 atom stereocenters. The second kappa shape index (κ2) is 28.1. The first-order valence-electron chi connectivity index (χ1n) is 12.7. The summed E-state index contributed by atoms with van der Waals surface area (Å²) in [6.07, 6.45) is 27.0. The van der Waals surface area contributed by atoms with E-state index in [0.29, 0.717) is 19.8 Å². The van der Waals surface area contributed by atoms with Crippen LogP contribution >= 0.6 is 0 Å². The van der Waals surface area contributed by atoms with Gasteiger partial charge in [0.1, 0.15) is 0 Å². The normalized spacial score (nSPS) is 18.6. The first kappa shape index (κ1) is 31.2. The predicted molar refractivity (Wildman–Crippen MR) is 130 cm³/mol. The lowest BCUT2D eigenvalue weighted by Gasteiger charge is -2.12. The molecule has 5 heteroatoms. The summed E-state index contributed by atoms with van der Waals surface area (Å²) in [5, 5.41) is 0. The average Bonchev–Trinajstić information content (AvgIpc) is 2.69. The quantitative estimate of drug-likeness (QED) is 0.431. The molecule has 0 saturated heterocycles. The Bertz CT molecular complexity index is 194. The molecule has 0 spiro atoms. The molecule has 0 aromatic rings. The Labute approximate surface area is 185 Å². The van der Waals surface area contributed by atoms with Crippen molar-refractivity contribution in [2.75, 3.05) is 19.8 Å². The van der Waals surface area contributed by atoms with Gasteiger partial charge in [-0.15, -0.1) is 0 Å². The van der Waals surface area contributed by atoms with E-state index in [1.807, 2.05) is 20.8 Å². The number of hydrogen-bond acceptors (Lipinski definition) is 4. The summed E-state index contributed by atoms with van der Waals surface area (Å²) in [5.41, 5.74) is 0. The fraction of sp³-hybridized carbons (Fsp3) is 1.00. The Kier molecular flexibility index (Phi) is 30.2. The minimum absolute atomic E-state index is 0. The van der Waals surface area contributed by atoms with E-state index in [4.69, 9.17) is 13.3 Å². The molecule has 0 amide bonds. The van der Waals surface area contributed by atoms with E-state index in [9.17, 15) is 0 Å². The minimum atomic E-state index is -1.73. The summed E-state index contributed by atoms with van der Waals surface area (Å²) < 4.78 is 15.7. The van der Waals surface area contributed by atoms with Crippen molar-refractivity contribution in [2.24, 2.45) is 0 Å². The molecule has 0 aromatic heterocycles. The van der Waals surface area contributed by atoms with Crippen molar-refractivity contribution >= 4 is 9.53 Å². The van der Waals surface area contributed by atoms with Gasteiger partial charge in [0, 0.05) is 19.8 Å². The average molecular weight is 434 g/mol. The third kappa shape index (κ3) is 26.0. The molecule has 1 rings (SSSR count). The molecule has 0 unspecified atom stereocenters. The highest BCUT2D eigenvalue weighted by atomic mass is 28.3. The second-order valence-corrected chi connectivity index (χ2v) is 9.60. The molecule has 1 saturated carbocycles. The van der Waals surface area contributed by atoms with Crippen molar-refractivity contribution in [2.45, 2.75) is 136 Å². The first-order valence-corrected chi connectivity index (χ1v) is 14.1. The molecule has 1 fully saturated rings. The SMILES string of the molecule is C1CCCCCCCCCCCCCCCCC1.CCO[SiH](OCC)OCC.N. The first-order chi connectivity index (χ1) is 13.8. The molecule has 0 radical (unpaired) electrons. The largest absolute Gasteiger partial charge is 0.484 e. The second-order valence-electron chi connectivity index (χ2n) is 8.02. The maximum Gasteiger partial charge on any atom is 0.484 e. The molecule has 0 aliphatic heterocycles. The van der Waals surface area contributed by atoms with Crippen LogP contribution in [0.3, 0.4) is 0 Å². The number of rotatable bonds is 6. The number of hydrogen-bond donors (Lipinski definition) is 1. The Hall–Kier alpha value is 0.0569. The van der Waals surface area contributed by atoms with Crippen molar-refractivity contribution in [1.82, 2.24) is 6.15 Å². The maximum atomic E-state index is 5.22. The summed E-state index contributed by atoms with van der Waals surface area (Å²) in [6, 6.07) is 0. The Morgan fingerprint density at radius 2 is 0.517 bits per heavy atom. The van der Waals surface area contributed by atoms with E-state index in [0.717, 1.165) is 0 Å². The zero-order chi connectivity index (χ0) is 20.5. The van der Waals surface area contributed by atoms with Crippen LogP contribution < -0.4 is 6.15 Å². The van der Waals surface area contributed by atoms with Gasteiger partial charge in [0.15, 0.2) is 0 Å². The third-order valence-corrected chi connectivity index (χ3v) is 7.22. The van der Waals surface area contributed by atoms with Crippen LogP contribution in [-0.4, -0.2) is 29.3 Å². The van der Waals surface area contributed by atoms with Gasteiger partial charge in [0.05, 0.1) is 0 Å². The summed E-state index contributed by atoms with van der Waals surface area (Å²) >= 11 is 0. The molecule has 1 aliphatic carbocycles. The Morgan fingerprint density at radius 1 is 0.379 bits per heavy atom. The van der Waals surface area contributed by atoms with Crippen molar-refractivity contribution in [3.05, 3.63) is 0 Å². The zero-order valence-electron chi connectivity index (χ0n) is 20.4. The molecule has 0 aromatic carbocycles. The topological polar surface area (TPSA) is 62.7 Å². The van der Waals surface area contributed by atoms with Gasteiger partial charge in [-0.3, -0.25) is 0 Å². The van der Waals surface area contributed by atoms with E-state index in [1.54, 1.807) is 0 Å². The van der Waals surface area contributed by atoms with E-state index >= 15 is 0 Å². The van der Waals surface area contributed by atoms with Crippen molar-refractivity contribution < 1.29 is 13.3 Å². The molecular formula is C24H55NO3Si. The van der Waals surface area contributed by atoms with Crippen molar-refractivity contribution in [3.63, 3.8) is 0 Å². The van der Waals surface area contributed by atoms with Gasteiger partial charge >= 0.3 is 9.53 Å². The monoisotopic (exact) mass is 433 g/mol. The van der Waals surface area contributed by atoms with E-state index < -0.39 is 9.53 Å². The highest BCUT2D eigenvalue weighted by Crippen LogP contribution is 2.16. The van der Waals surface area contributed by atoms with Crippen molar-refractivity contribution in [3.8, 4) is 0 Å². The van der Waals surface area contributed by atoms with Gasteiger partial charge < -0.3 is 19.4 Å². The Balaban J connectivity index is 0. The maximum absolute atomic E-state index is 5.22. The van der Waals surface area contributed by atoms with Crippen LogP contribution in [0, 0.1) is 0 Å². The lowest BCUT2D eigenvalue weighted by molar-refractivity contribution is 0.107. The standard InChI is InChI=1S/C18H36.C6H16O3Si.H3N/c1-2-4-6-8-10-12-14-16-18-17-15-13-11-9-7-5-3-1;1-4-7-10(8-5-2)9-6-3;/h1-18H2;10H,4-6H2,1-3H3;1H3. The molecule has 0 bridgehead atoms. The van der Waals surface area contributed by atoms with Gasteiger partial charge in [-0.05, 0) is 20.8 Å². The predicted octanol–water partition coefficient (Wildman–Crippen LogP) is 8.00. The van der Waals surface area contributed by atoms with Gasteiger partial charge in [0.2, 0.25) is 0 Å². The molecule has 1 aliphatic rings. The van der Waals surface area contributed by atoms with Gasteiger partial charge in [-0.2, -0.15) is 0 Å². The van der Waals surface area contributed by atoms with Crippen LogP contribution in [0.15, 0.2) is 0 Å². The van der Waals surface area contributed by atoms with Gasteiger partial charge in [0.25, 0.3) is 0 Å². The Morgan fingerprint density at radius 3 is 0.621 bits per heavy atom. The third-order valence-electron chi connectivity index (χ3n) is 5.41. The highest BCUT2D eigenvalue weighted by molar-refractivity contribution is 6.36. The molecule has 3 N–H and O–H groups in total. The summed E-state index contributed by atoms with van der Waals surface area (Å²) in [7, 11) is -1.73. The molecule has 4 nitrogen and oxygen atoms in total. The lowest BCUT2D eigenvalue weighted by atomic mass is 10.0. The lowest BCUT2D eigenvalue weighted by Crippen LogP contribution is -2.27. The van der Waals surface area contributed by atoms with E-state index in [-0.39, 0.29) is 6.15 Å². The van der Waals surface area contributed by atoms with Crippen LogP contribution in [0.5, 0.6) is 0 Å². The minimum Gasteiger partial charge on any atom is -0.376 e. The van der Waals surface area contributed by atoms with Crippen LogP contribution in [0.25, 0.3) is 0 Å². The molecular weight excluding hydrogens is 378 g/mol. The van der Waals surface area contributed by atoms with Gasteiger partial charge in [-0.1, -0.05) is 116 Å². The van der Waals surface area contributed by atoms with Crippen LogP contribution in [0.2, 0.25) is 0 Å². The van der Waals surface area contributed by atoms with Crippen molar-refractivity contribution in [1.29, 1.82) is 0 Å². The fourth-order valence-electron chi connectivity index (χ4n) is 3.73. The molecule has 178 valence electrons. The van der Waals surface area contributed by atoms with E-state index in [1.165, 1.54) is 116 Å². The fourth-order valence-corrected chi connectivity index (χ4v) is 4.84. The zero-order valence-corrected chi connectivity index (χ0v) is 21.5. The molecule has 0 heterocycles. The summed E-state index contributed by atoms with van der Waals surface area (Å²) in [6.45, 7) is 7.86. The molecule has 29 heavy (non-hydrogen) atoms. The summed E-state index contributed by atoms with van der Waals surface area (Å²) in [4.78, 5) is 0.